The van der Waals surface area contributed by atoms with Crippen LogP contribution in [-0.2, 0) is 0 Å². The molecule has 1 aliphatic carbocycles. The van der Waals surface area contributed by atoms with Gasteiger partial charge in [0.1, 0.15) is 0 Å². The van der Waals surface area contributed by atoms with Gasteiger partial charge in [0.15, 0.2) is 0 Å². The third-order valence-electron chi connectivity index (χ3n) is 3.87. The smallest absolute Gasteiger partial charge is 0.0336 e. The van der Waals surface area contributed by atoms with Gasteiger partial charge in [-0.3, -0.25) is 0 Å². The third-order valence-corrected chi connectivity index (χ3v) is 4.30. The minimum absolute atomic E-state index is 0.486. The van der Waals surface area contributed by atoms with Crippen molar-refractivity contribution in [3.05, 3.63) is 0 Å². The van der Waals surface area contributed by atoms with Crippen LogP contribution < -0.4 is 0 Å². The molecule has 0 aromatic rings. The molecule has 1 heteroatoms. The molecule has 0 N–H and O–H groups in total. The molecule has 0 amide bonds. The first-order chi connectivity index (χ1) is 7.22. The fraction of sp³-hybridized carbons (Fsp3) is 1.00. The highest BCUT2D eigenvalue weighted by molar-refractivity contribution is 6.20. The number of alkyl halides is 1. The van der Waals surface area contributed by atoms with E-state index in [9.17, 15) is 0 Å². The first kappa shape index (κ1) is 13.4. The van der Waals surface area contributed by atoms with Crippen molar-refractivity contribution < 1.29 is 0 Å². The van der Waals surface area contributed by atoms with Crippen LogP contribution in [0.4, 0.5) is 0 Å². The van der Waals surface area contributed by atoms with E-state index in [-0.39, 0.29) is 0 Å². The molecule has 15 heavy (non-hydrogen) atoms. The van der Waals surface area contributed by atoms with E-state index in [2.05, 4.69) is 13.8 Å². The van der Waals surface area contributed by atoms with Crippen LogP contribution in [0, 0.1) is 11.8 Å². The van der Waals surface area contributed by atoms with E-state index >= 15 is 0 Å². The summed E-state index contributed by atoms with van der Waals surface area (Å²) in [6.07, 6.45) is 12.4. The summed E-state index contributed by atoms with van der Waals surface area (Å²) in [5.74, 6) is 1.94. The number of halogens is 1. The molecule has 1 unspecified atom stereocenters. The lowest BCUT2D eigenvalue weighted by Gasteiger charge is -2.25. The molecule has 0 radical (unpaired) electrons. The van der Waals surface area contributed by atoms with Gasteiger partial charge in [0.2, 0.25) is 0 Å². The van der Waals surface area contributed by atoms with Crippen LogP contribution in [-0.4, -0.2) is 5.38 Å². The summed E-state index contributed by atoms with van der Waals surface area (Å²) in [6.45, 7) is 4.69. The molecule has 0 saturated heterocycles. The molecule has 1 rings (SSSR count). The van der Waals surface area contributed by atoms with Gasteiger partial charge in [-0.15, -0.1) is 11.6 Å². The van der Waals surface area contributed by atoms with Crippen LogP contribution in [0.25, 0.3) is 0 Å². The molecule has 0 aromatic carbocycles. The summed E-state index contributed by atoms with van der Waals surface area (Å²) < 4.78 is 0. The van der Waals surface area contributed by atoms with Crippen molar-refractivity contribution in [2.24, 2.45) is 11.8 Å². The SMILES string of the molecule is CCCC(C)CCCC1CCC(Cl)CC1. The number of rotatable bonds is 6. The van der Waals surface area contributed by atoms with Crippen LogP contribution in [0.3, 0.4) is 0 Å². The molecule has 0 spiro atoms. The molecule has 0 nitrogen and oxygen atoms in total. The highest BCUT2D eigenvalue weighted by atomic mass is 35.5. The van der Waals surface area contributed by atoms with Crippen molar-refractivity contribution in [3.8, 4) is 0 Å². The van der Waals surface area contributed by atoms with Gasteiger partial charge in [0, 0.05) is 5.38 Å². The van der Waals surface area contributed by atoms with E-state index in [1.807, 2.05) is 0 Å². The summed E-state index contributed by atoms with van der Waals surface area (Å²) in [5, 5.41) is 0.486. The average Bonchev–Trinajstić information content (AvgIpc) is 2.21. The third kappa shape index (κ3) is 5.80. The van der Waals surface area contributed by atoms with Crippen LogP contribution in [0.5, 0.6) is 0 Å². The Morgan fingerprint density at radius 3 is 2.40 bits per heavy atom. The van der Waals surface area contributed by atoms with E-state index in [4.69, 9.17) is 11.6 Å². The normalized spacial score (nSPS) is 29.0. The fourth-order valence-electron chi connectivity index (χ4n) is 2.80. The van der Waals surface area contributed by atoms with Gasteiger partial charge < -0.3 is 0 Å². The van der Waals surface area contributed by atoms with Crippen LogP contribution in [0.1, 0.15) is 71.6 Å². The van der Waals surface area contributed by atoms with Gasteiger partial charge in [-0.2, -0.15) is 0 Å². The van der Waals surface area contributed by atoms with Crippen LogP contribution in [0.15, 0.2) is 0 Å². The Bertz CT molecular complexity index is 147. The second kappa shape index (κ2) is 7.54. The molecule has 0 aromatic heterocycles. The van der Waals surface area contributed by atoms with E-state index < -0.39 is 0 Å². The quantitative estimate of drug-likeness (QED) is 0.537. The summed E-state index contributed by atoms with van der Waals surface area (Å²) in [7, 11) is 0. The standard InChI is InChI=1S/C14H27Cl/c1-3-5-12(2)6-4-7-13-8-10-14(15)11-9-13/h12-14H,3-11H2,1-2H3. The molecule has 0 heterocycles. The van der Waals surface area contributed by atoms with Gasteiger partial charge in [0.25, 0.3) is 0 Å². The summed E-state index contributed by atoms with van der Waals surface area (Å²) >= 11 is 6.11. The second-order valence-electron chi connectivity index (χ2n) is 5.44. The second-order valence-corrected chi connectivity index (χ2v) is 6.06. The zero-order valence-electron chi connectivity index (χ0n) is 10.5. The van der Waals surface area contributed by atoms with Crippen LogP contribution in [0.2, 0.25) is 0 Å². The van der Waals surface area contributed by atoms with Gasteiger partial charge >= 0.3 is 0 Å². The Morgan fingerprint density at radius 2 is 1.80 bits per heavy atom. The molecule has 1 saturated carbocycles. The predicted molar refractivity (Wildman–Crippen MR) is 69.5 cm³/mol. The Morgan fingerprint density at radius 1 is 1.13 bits per heavy atom. The zero-order valence-corrected chi connectivity index (χ0v) is 11.2. The average molecular weight is 231 g/mol. The maximum Gasteiger partial charge on any atom is 0.0336 e. The summed E-state index contributed by atoms with van der Waals surface area (Å²) in [6, 6.07) is 0. The Balaban J connectivity index is 2.00. The molecule has 1 fully saturated rings. The fourth-order valence-corrected chi connectivity index (χ4v) is 3.05. The van der Waals surface area contributed by atoms with E-state index in [1.54, 1.807) is 0 Å². The maximum absolute atomic E-state index is 6.11. The first-order valence-electron chi connectivity index (χ1n) is 6.86. The molecule has 0 bridgehead atoms. The predicted octanol–water partition coefficient (Wildman–Crippen LogP) is 5.39. The summed E-state index contributed by atoms with van der Waals surface area (Å²) in [4.78, 5) is 0. The lowest BCUT2D eigenvalue weighted by atomic mass is 9.84. The monoisotopic (exact) mass is 230 g/mol. The highest BCUT2D eigenvalue weighted by Gasteiger charge is 2.18. The largest absolute Gasteiger partial charge is 0.123 e. The molecular weight excluding hydrogens is 204 g/mol. The van der Waals surface area contributed by atoms with Gasteiger partial charge in [-0.25, -0.2) is 0 Å². The molecular formula is C14H27Cl. The van der Waals surface area contributed by atoms with Crippen molar-refractivity contribution in [1.82, 2.24) is 0 Å². The number of hydrogen-bond donors (Lipinski definition) is 0. The Labute approximate surface area is 101 Å². The van der Waals surface area contributed by atoms with E-state index in [0.717, 1.165) is 11.8 Å². The first-order valence-corrected chi connectivity index (χ1v) is 7.30. The van der Waals surface area contributed by atoms with Crippen molar-refractivity contribution in [2.45, 2.75) is 77.0 Å². The van der Waals surface area contributed by atoms with Gasteiger partial charge in [-0.1, -0.05) is 46.0 Å². The maximum atomic E-state index is 6.11. The zero-order chi connectivity index (χ0) is 11.1. The van der Waals surface area contributed by atoms with Gasteiger partial charge in [0.05, 0.1) is 0 Å². The molecule has 1 aliphatic rings. The minimum Gasteiger partial charge on any atom is -0.123 e. The van der Waals surface area contributed by atoms with E-state index in [0.29, 0.717) is 5.38 Å². The van der Waals surface area contributed by atoms with Crippen LogP contribution >= 0.6 is 11.6 Å². The highest BCUT2D eigenvalue weighted by Crippen LogP contribution is 2.31. The molecule has 90 valence electrons. The Kier molecular flexibility index (Phi) is 6.72. The van der Waals surface area contributed by atoms with Crippen molar-refractivity contribution in [1.29, 1.82) is 0 Å². The lowest BCUT2D eigenvalue weighted by molar-refractivity contribution is 0.321. The number of hydrogen-bond acceptors (Lipinski definition) is 0. The summed E-state index contributed by atoms with van der Waals surface area (Å²) in [5.41, 5.74) is 0. The lowest BCUT2D eigenvalue weighted by Crippen LogP contribution is -2.14. The van der Waals surface area contributed by atoms with E-state index in [1.165, 1.54) is 57.8 Å². The van der Waals surface area contributed by atoms with Crippen molar-refractivity contribution in [3.63, 3.8) is 0 Å². The van der Waals surface area contributed by atoms with Crippen molar-refractivity contribution >= 4 is 11.6 Å². The molecule has 0 aliphatic heterocycles. The molecule has 1 atom stereocenters. The Hall–Kier alpha value is 0.290. The van der Waals surface area contributed by atoms with Gasteiger partial charge in [-0.05, 0) is 37.5 Å². The minimum atomic E-state index is 0.486. The topological polar surface area (TPSA) is 0 Å². The van der Waals surface area contributed by atoms with Crippen molar-refractivity contribution in [2.75, 3.05) is 0 Å².